The molecule has 0 aliphatic carbocycles. The molecule has 0 aliphatic rings. The van der Waals surface area contributed by atoms with E-state index in [0.29, 0.717) is 6.42 Å². The summed E-state index contributed by atoms with van der Waals surface area (Å²) >= 11 is 0. The van der Waals surface area contributed by atoms with Crippen LogP contribution in [0.5, 0.6) is 23.0 Å². The lowest BCUT2D eigenvalue weighted by Crippen LogP contribution is -2.02. The number of carboxylic acids is 3. The fourth-order valence-corrected chi connectivity index (χ4v) is 1.93. The van der Waals surface area contributed by atoms with E-state index in [4.69, 9.17) is 34.8 Å². The van der Waals surface area contributed by atoms with Crippen LogP contribution in [0, 0.1) is 0 Å². The minimum absolute atomic E-state index is 0.0939. The number of benzene rings is 2. The predicted molar refractivity (Wildman–Crippen MR) is 112 cm³/mol. The highest BCUT2D eigenvalue weighted by Crippen LogP contribution is 2.33. The van der Waals surface area contributed by atoms with Gasteiger partial charge in [-0.15, -0.1) is 0 Å². The molecule has 0 radical (unpaired) electrons. The van der Waals surface area contributed by atoms with E-state index in [1.165, 1.54) is 12.1 Å². The Labute approximate surface area is 183 Å². The highest BCUT2D eigenvalue weighted by molar-refractivity contribution is 6.01. The number of phenols is 4. The first-order valence-corrected chi connectivity index (χ1v) is 8.81. The van der Waals surface area contributed by atoms with Gasteiger partial charge in [-0.1, -0.05) is 12.1 Å². The topological polar surface area (TPSA) is 210 Å². The monoisotopic (exact) mass is 454 g/mol. The minimum Gasteiger partial charge on any atom is -0.508 e. The first-order valence-electron chi connectivity index (χ1n) is 8.81. The molecule has 0 bridgehead atoms. The lowest BCUT2D eigenvalue weighted by molar-refractivity contribution is -0.135. The van der Waals surface area contributed by atoms with E-state index in [9.17, 15) is 20.1 Å². The van der Waals surface area contributed by atoms with Crippen molar-refractivity contribution in [3.05, 3.63) is 47.5 Å². The van der Waals surface area contributed by atoms with E-state index in [1.807, 2.05) is 0 Å². The summed E-state index contributed by atoms with van der Waals surface area (Å²) in [5, 5.41) is 59.8. The number of Topliss-reactive ketones (excluding diaryl/α,β-unsaturated/α-hetero) is 1. The molecule has 11 nitrogen and oxygen atoms in total. The van der Waals surface area contributed by atoms with Crippen molar-refractivity contribution in [2.75, 3.05) is 0 Å². The maximum atomic E-state index is 12.0. The molecule has 2 aromatic rings. The number of ketones is 1. The molecule has 0 atom stereocenters. The van der Waals surface area contributed by atoms with Gasteiger partial charge in [0.05, 0.1) is 0 Å². The smallest absolute Gasteiger partial charge is 0.300 e. The number of phenolic OH excluding ortho intramolecular Hbond substituents is 4. The number of carboxylic acid groups (broad SMARTS) is 3. The van der Waals surface area contributed by atoms with E-state index >= 15 is 0 Å². The van der Waals surface area contributed by atoms with Gasteiger partial charge in [-0.25, -0.2) is 0 Å². The third-order valence-corrected chi connectivity index (χ3v) is 2.94. The van der Waals surface area contributed by atoms with Crippen molar-refractivity contribution in [1.82, 2.24) is 0 Å². The first kappa shape index (κ1) is 29.9. The minimum atomic E-state index is -0.833. The number of aryl methyl sites for hydroxylation is 1. The van der Waals surface area contributed by atoms with Crippen molar-refractivity contribution in [2.45, 2.75) is 33.6 Å². The Morgan fingerprint density at radius 3 is 1.34 bits per heavy atom. The molecule has 0 unspecified atom stereocenters. The van der Waals surface area contributed by atoms with E-state index in [-0.39, 0.29) is 23.5 Å². The van der Waals surface area contributed by atoms with Gasteiger partial charge in [-0.3, -0.25) is 19.2 Å². The van der Waals surface area contributed by atoms with Gasteiger partial charge in [0.25, 0.3) is 17.9 Å². The molecular weight excluding hydrogens is 428 g/mol. The van der Waals surface area contributed by atoms with Crippen LogP contribution in [0.4, 0.5) is 0 Å². The standard InChI is InChI=1S/C15H14O5.3C2H4O2/c16-10-4-1-9(2-5-10)3-6-12(18)15-13(19)7-11(17)8-14(15)20;3*1-2(3)4/h1-2,4-5,7-8,16-17,19-20H,3,6H2;3*1H3,(H,3,4). The normalized spacial score (nSPS) is 8.84. The van der Waals surface area contributed by atoms with Crippen molar-refractivity contribution in [2.24, 2.45) is 0 Å². The summed E-state index contributed by atoms with van der Waals surface area (Å²) in [6.45, 7) is 3.25. The third kappa shape index (κ3) is 16.7. The number of aliphatic carboxylic acids is 3. The fraction of sp³-hybridized carbons (Fsp3) is 0.238. The molecule has 2 rings (SSSR count). The molecular formula is C21H26O11. The molecule has 0 saturated carbocycles. The van der Waals surface area contributed by atoms with E-state index in [1.54, 1.807) is 12.1 Å². The van der Waals surface area contributed by atoms with Crippen LogP contribution in [0.2, 0.25) is 0 Å². The van der Waals surface area contributed by atoms with Crippen LogP contribution in [-0.4, -0.2) is 59.4 Å². The van der Waals surface area contributed by atoms with Gasteiger partial charge < -0.3 is 35.7 Å². The average Bonchev–Trinajstić information content (AvgIpc) is 2.59. The Kier molecular flexibility index (Phi) is 14.5. The molecule has 7 N–H and O–H groups in total. The van der Waals surface area contributed by atoms with E-state index < -0.39 is 35.2 Å². The molecule has 0 aliphatic heterocycles. The van der Waals surface area contributed by atoms with Crippen molar-refractivity contribution in [1.29, 1.82) is 0 Å². The maximum absolute atomic E-state index is 12.0. The molecule has 32 heavy (non-hydrogen) atoms. The summed E-state index contributed by atoms with van der Waals surface area (Å²) in [4.78, 5) is 39.0. The van der Waals surface area contributed by atoms with E-state index in [0.717, 1.165) is 38.5 Å². The van der Waals surface area contributed by atoms with Gasteiger partial charge in [0.2, 0.25) is 0 Å². The molecule has 0 heterocycles. The van der Waals surface area contributed by atoms with Crippen molar-refractivity contribution in [3.63, 3.8) is 0 Å². The second kappa shape index (κ2) is 15.5. The first-order chi connectivity index (χ1) is 14.7. The highest BCUT2D eigenvalue weighted by atomic mass is 16.4. The second-order valence-electron chi connectivity index (χ2n) is 6.01. The van der Waals surface area contributed by atoms with Crippen LogP contribution in [0.25, 0.3) is 0 Å². The van der Waals surface area contributed by atoms with Crippen LogP contribution in [0.15, 0.2) is 36.4 Å². The van der Waals surface area contributed by atoms with E-state index in [2.05, 4.69) is 0 Å². The van der Waals surface area contributed by atoms with Crippen LogP contribution in [0.3, 0.4) is 0 Å². The van der Waals surface area contributed by atoms with Gasteiger partial charge in [0.1, 0.15) is 28.6 Å². The summed E-state index contributed by atoms with van der Waals surface area (Å²) in [5.74, 6) is -3.98. The lowest BCUT2D eigenvalue weighted by Gasteiger charge is -2.07. The Balaban J connectivity index is 0. The molecule has 0 amide bonds. The Morgan fingerprint density at radius 2 is 1.00 bits per heavy atom. The highest BCUT2D eigenvalue weighted by Gasteiger charge is 2.17. The second-order valence-corrected chi connectivity index (χ2v) is 6.01. The maximum Gasteiger partial charge on any atom is 0.300 e. The summed E-state index contributed by atoms with van der Waals surface area (Å²) in [7, 11) is 0. The van der Waals surface area contributed by atoms with Gasteiger partial charge in [-0.05, 0) is 24.1 Å². The summed E-state index contributed by atoms with van der Waals surface area (Å²) in [6, 6.07) is 8.45. The number of hydrogen-bond donors (Lipinski definition) is 7. The van der Waals surface area contributed by atoms with Gasteiger partial charge in [-0.2, -0.15) is 0 Å². The number of hydrogen-bond acceptors (Lipinski definition) is 8. The Hall–Kier alpha value is -4.28. The number of rotatable bonds is 4. The molecule has 11 heteroatoms. The molecule has 2 aromatic carbocycles. The van der Waals surface area contributed by atoms with Crippen LogP contribution >= 0.6 is 0 Å². The van der Waals surface area contributed by atoms with Gasteiger partial charge in [0.15, 0.2) is 5.78 Å². The van der Waals surface area contributed by atoms with Crippen molar-refractivity contribution in [3.8, 4) is 23.0 Å². The largest absolute Gasteiger partial charge is 0.508 e. The summed E-state index contributed by atoms with van der Waals surface area (Å²) in [5.41, 5.74) is 0.662. The Morgan fingerprint density at radius 1 is 0.656 bits per heavy atom. The van der Waals surface area contributed by atoms with Crippen LogP contribution in [0.1, 0.15) is 43.1 Å². The average molecular weight is 454 g/mol. The van der Waals surface area contributed by atoms with Crippen LogP contribution < -0.4 is 0 Å². The molecule has 0 spiro atoms. The van der Waals surface area contributed by atoms with Crippen molar-refractivity contribution < 1.29 is 54.9 Å². The predicted octanol–water partition coefficient (Wildman–Crippen LogP) is 2.60. The quantitative estimate of drug-likeness (QED) is 0.334. The zero-order valence-corrected chi connectivity index (χ0v) is 17.6. The number of aromatic hydroxyl groups is 4. The lowest BCUT2D eigenvalue weighted by atomic mass is 10.0. The van der Waals surface area contributed by atoms with Crippen molar-refractivity contribution >= 4 is 23.7 Å². The SMILES string of the molecule is CC(=O)O.CC(=O)O.CC(=O)O.O=C(CCc1ccc(O)cc1)c1c(O)cc(O)cc1O. The molecule has 0 saturated heterocycles. The number of carbonyl (C=O) groups excluding carboxylic acids is 1. The molecule has 0 aromatic heterocycles. The number of carbonyl (C=O) groups is 4. The molecule has 0 fully saturated rings. The van der Waals surface area contributed by atoms with Gasteiger partial charge in [0, 0.05) is 39.3 Å². The third-order valence-electron chi connectivity index (χ3n) is 2.94. The summed E-state index contributed by atoms with van der Waals surface area (Å²) < 4.78 is 0. The van der Waals surface area contributed by atoms with Crippen LogP contribution in [-0.2, 0) is 20.8 Å². The fourth-order valence-electron chi connectivity index (χ4n) is 1.93. The zero-order chi connectivity index (χ0) is 25.4. The zero-order valence-electron chi connectivity index (χ0n) is 17.6. The summed E-state index contributed by atoms with van der Waals surface area (Å²) in [6.07, 6.45) is 0.509. The van der Waals surface area contributed by atoms with Gasteiger partial charge >= 0.3 is 0 Å². The molecule has 176 valence electrons. The Bertz CT molecular complexity index is 839.